The van der Waals surface area contributed by atoms with E-state index < -0.39 is 0 Å². The summed E-state index contributed by atoms with van der Waals surface area (Å²) < 4.78 is 14.3. The normalized spacial score (nSPS) is 10.9. The fourth-order valence-electron chi connectivity index (χ4n) is 1.98. The van der Waals surface area contributed by atoms with E-state index in [9.17, 15) is 9.18 Å². The van der Waals surface area contributed by atoms with Gasteiger partial charge in [0.2, 0.25) is 5.91 Å². The molecule has 2 rings (SSSR count). The molecule has 2 aromatic rings. The first-order chi connectivity index (χ1) is 9.97. The van der Waals surface area contributed by atoms with E-state index >= 15 is 0 Å². The molecule has 0 bridgehead atoms. The van der Waals surface area contributed by atoms with Crippen LogP contribution in [0.3, 0.4) is 0 Å². The lowest BCUT2D eigenvalue weighted by molar-refractivity contribution is -0.111. The largest absolute Gasteiger partial charge is 0.322 e. The number of hydrogen-bond donors (Lipinski definition) is 1. The number of carbonyl (C=O) groups is 1. The third kappa shape index (κ3) is 4.02. The predicted molar refractivity (Wildman–Crippen MR) is 87.7 cm³/mol. The molecule has 1 N–H and O–H groups in total. The Labute approximate surface area is 131 Å². The highest BCUT2D eigenvalue weighted by Gasteiger charge is 2.05. The van der Waals surface area contributed by atoms with Crippen LogP contribution >= 0.6 is 15.9 Å². The lowest BCUT2D eigenvalue weighted by Crippen LogP contribution is -2.10. The Morgan fingerprint density at radius 2 is 1.86 bits per heavy atom. The summed E-state index contributed by atoms with van der Waals surface area (Å²) >= 11 is 3.28. The minimum absolute atomic E-state index is 0.285. The molecule has 0 atom stereocenters. The molecular weight excluding hydrogens is 333 g/mol. The summed E-state index contributed by atoms with van der Waals surface area (Å²) in [4.78, 5) is 12.0. The zero-order valence-electron chi connectivity index (χ0n) is 11.8. The van der Waals surface area contributed by atoms with Crippen LogP contribution in [0, 0.1) is 19.7 Å². The zero-order valence-corrected chi connectivity index (χ0v) is 13.4. The van der Waals surface area contributed by atoms with Gasteiger partial charge in [0, 0.05) is 21.8 Å². The van der Waals surface area contributed by atoms with Crippen LogP contribution in [-0.4, -0.2) is 5.91 Å². The summed E-state index contributed by atoms with van der Waals surface area (Å²) in [6.07, 6.45) is 2.79. The summed E-state index contributed by atoms with van der Waals surface area (Å²) in [6, 6.07) is 10.4. The topological polar surface area (TPSA) is 29.1 Å². The highest BCUT2D eigenvalue weighted by molar-refractivity contribution is 9.10. The number of amides is 1. The Morgan fingerprint density at radius 1 is 1.19 bits per heavy atom. The molecule has 0 aliphatic carbocycles. The van der Waals surface area contributed by atoms with Crippen molar-refractivity contribution in [3.05, 3.63) is 69.5 Å². The molecule has 0 unspecified atom stereocenters. The minimum atomic E-state index is -0.366. The fraction of sp³-hybridized carbons (Fsp3) is 0.118. The second-order valence-corrected chi connectivity index (χ2v) is 5.67. The molecule has 0 aromatic heterocycles. The molecule has 21 heavy (non-hydrogen) atoms. The SMILES string of the molecule is Cc1cccc(C)c1NC(=O)/C=C/c1cc(Br)ccc1F. The van der Waals surface area contributed by atoms with Gasteiger partial charge in [0.15, 0.2) is 0 Å². The molecule has 2 aromatic carbocycles. The quantitative estimate of drug-likeness (QED) is 0.789. The van der Waals surface area contributed by atoms with Gasteiger partial charge in [-0.25, -0.2) is 4.39 Å². The van der Waals surface area contributed by atoms with E-state index in [2.05, 4.69) is 21.2 Å². The second kappa shape index (κ2) is 6.68. The molecule has 0 aliphatic rings. The summed E-state index contributed by atoms with van der Waals surface area (Å²) in [7, 11) is 0. The van der Waals surface area contributed by atoms with Gasteiger partial charge >= 0.3 is 0 Å². The molecule has 2 nitrogen and oxygen atoms in total. The summed E-state index contributed by atoms with van der Waals surface area (Å²) in [5.74, 6) is -0.652. The summed E-state index contributed by atoms with van der Waals surface area (Å²) in [5.41, 5.74) is 3.14. The van der Waals surface area contributed by atoms with Crippen molar-refractivity contribution in [3.8, 4) is 0 Å². The van der Waals surface area contributed by atoms with E-state index in [1.807, 2.05) is 32.0 Å². The van der Waals surface area contributed by atoms with Gasteiger partial charge in [0.25, 0.3) is 0 Å². The average Bonchev–Trinajstić information content (AvgIpc) is 2.44. The Morgan fingerprint density at radius 3 is 2.52 bits per heavy atom. The third-order valence-electron chi connectivity index (χ3n) is 3.10. The van der Waals surface area contributed by atoms with Crippen LogP contribution < -0.4 is 5.32 Å². The van der Waals surface area contributed by atoms with Crippen LogP contribution in [0.2, 0.25) is 0 Å². The van der Waals surface area contributed by atoms with Crippen molar-refractivity contribution < 1.29 is 9.18 Å². The van der Waals surface area contributed by atoms with E-state index in [0.717, 1.165) is 21.3 Å². The molecule has 1 amide bonds. The number of nitrogens with one attached hydrogen (secondary N) is 1. The zero-order chi connectivity index (χ0) is 15.4. The Kier molecular flexibility index (Phi) is 4.91. The van der Waals surface area contributed by atoms with E-state index in [1.54, 1.807) is 12.1 Å². The van der Waals surface area contributed by atoms with Crippen LogP contribution in [0.1, 0.15) is 16.7 Å². The second-order valence-electron chi connectivity index (χ2n) is 4.76. The van der Waals surface area contributed by atoms with Crippen LogP contribution in [0.4, 0.5) is 10.1 Å². The first kappa shape index (κ1) is 15.4. The minimum Gasteiger partial charge on any atom is -0.322 e. The van der Waals surface area contributed by atoms with E-state index in [-0.39, 0.29) is 11.7 Å². The van der Waals surface area contributed by atoms with Gasteiger partial charge in [-0.1, -0.05) is 34.1 Å². The molecule has 0 aliphatic heterocycles. The van der Waals surface area contributed by atoms with Gasteiger partial charge in [-0.15, -0.1) is 0 Å². The third-order valence-corrected chi connectivity index (χ3v) is 3.59. The number of rotatable bonds is 3. The summed E-state index contributed by atoms with van der Waals surface area (Å²) in [6.45, 7) is 3.86. The standard InChI is InChI=1S/C17H15BrFNO/c1-11-4-3-5-12(2)17(11)20-16(21)9-6-13-10-14(18)7-8-15(13)19/h3-10H,1-2H3,(H,20,21)/b9-6+. The van der Waals surface area contributed by atoms with Crippen LogP contribution in [0.15, 0.2) is 46.9 Å². The maximum atomic E-state index is 13.6. The van der Waals surface area contributed by atoms with Crippen molar-refractivity contribution in [1.29, 1.82) is 0 Å². The van der Waals surface area contributed by atoms with E-state index in [4.69, 9.17) is 0 Å². The van der Waals surface area contributed by atoms with Crippen molar-refractivity contribution >= 4 is 33.6 Å². The van der Waals surface area contributed by atoms with Gasteiger partial charge in [0.1, 0.15) is 5.82 Å². The number of anilines is 1. The van der Waals surface area contributed by atoms with Crippen molar-refractivity contribution in [3.63, 3.8) is 0 Å². The van der Waals surface area contributed by atoms with Crippen LogP contribution in [-0.2, 0) is 4.79 Å². The van der Waals surface area contributed by atoms with Crippen molar-refractivity contribution in [2.24, 2.45) is 0 Å². The Hall–Kier alpha value is -1.94. The fourth-order valence-corrected chi connectivity index (χ4v) is 2.36. The van der Waals surface area contributed by atoms with Gasteiger partial charge < -0.3 is 5.32 Å². The molecule has 0 radical (unpaired) electrons. The van der Waals surface area contributed by atoms with Crippen LogP contribution in [0.5, 0.6) is 0 Å². The van der Waals surface area contributed by atoms with Gasteiger partial charge in [-0.05, 0) is 49.2 Å². The van der Waals surface area contributed by atoms with Crippen LogP contribution in [0.25, 0.3) is 6.08 Å². The predicted octanol–water partition coefficient (Wildman–Crippen LogP) is 4.86. The lowest BCUT2D eigenvalue weighted by Gasteiger charge is -2.09. The molecule has 4 heteroatoms. The first-order valence-corrected chi connectivity index (χ1v) is 7.27. The molecule has 0 saturated heterocycles. The highest BCUT2D eigenvalue weighted by atomic mass is 79.9. The average molecular weight is 348 g/mol. The molecule has 0 heterocycles. The number of halogens is 2. The molecule has 108 valence electrons. The molecule has 0 saturated carbocycles. The number of para-hydroxylation sites is 1. The number of hydrogen-bond acceptors (Lipinski definition) is 1. The van der Waals surface area contributed by atoms with Crippen molar-refractivity contribution in [1.82, 2.24) is 0 Å². The Bertz CT molecular complexity index is 690. The number of benzene rings is 2. The van der Waals surface area contributed by atoms with Gasteiger partial charge in [0.05, 0.1) is 0 Å². The lowest BCUT2D eigenvalue weighted by atomic mass is 10.1. The number of aryl methyl sites for hydroxylation is 2. The smallest absolute Gasteiger partial charge is 0.248 e. The first-order valence-electron chi connectivity index (χ1n) is 6.47. The highest BCUT2D eigenvalue weighted by Crippen LogP contribution is 2.20. The van der Waals surface area contributed by atoms with Gasteiger partial charge in [-0.3, -0.25) is 4.79 Å². The molecular formula is C17H15BrFNO. The summed E-state index contributed by atoms with van der Waals surface area (Å²) in [5, 5.41) is 2.82. The van der Waals surface area contributed by atoms with E-state index in [1.165, 1.54) is 18.2 Å². The maximum Gasteiger partial charge on any atom is 0.248 e. The van der Waals surface area contributed by atoms with E-state index in [0.29, 0.717) is 5.56 Å². The van der Waals surface area contributed by atoms with Gasteiger partial charge in [-0.2, -0.15) is 0 Å². The van der Waals surface area contributed by atoms with Crippen molar-refractivity contribution in [2.45, 2.75) is 13.8 Å². The monoisotopic (exact) mass is 347 g/mol. The Balaban J connectivity index is 2.15. The van der Waals surface area contributed by atoms with Crippen molar-refractivity contribution in [2.75, 3.05) is 5.32 Å². The maximum absolute atomic E-state index is 13.6. The molecule has 0 fully saturated rings. The molecule has 0 spiro atoms. The number of carbonyl (C=O) groups excluding carboxylic acids is 1.